The average Bonchev–Trinajstić information content (AvgIpc) is 3.53. The molecule has 0 radical (unpaired) electrons. The molecule has 0 N–H and O–H groups in total. The molecule has 0 spiro atoms. The van der Waals surface area contributed by atoms with E-state index in [0.717, 1.165) is 47.6 Å². The van der Waals surface area contributed by atoms with E-state index in [2.05, 4.69) is 0 Å². The minimum Gasteiger partial charge on any atom is -0.439 e. The Morgan fingerprint density at radius 3 is 2.59 bits per heavy atom. The molecule has 1 atom stereocenters. The molecule has 2 heterocycles. The quantitative estimate of drug-likeness (QED) is 0.263. The zero-order chi connectivity index (χ0) is 25.8. The van der Waals surface area contributed by atoms with E-state index < -0.39 is 0 Å². The summed E-state index contributed by atoms with van der Waals surface area (Å²) in [5, 5.41) is 5.43. The second-order valence-corrected chi connectivity index (χ2v) is 9.80. The number of carbonyl (C=O) groups excluding carboxylic acids is 1. The van der Waals surface area contributed by atoms with Crippen LogP contribution in [-0.2, 0) is 18.3 Å². The normalized spacial score (nSPS) is 15.1. The van der Waals surface area contributed by atoms with Crippen molar-refractivity contribution in [3.63, 3.8) is 0 Å². The van der Waals surface area contributed by atoms with E-state index in [0.29, 0.717) is 29.6 Å². The molecule has 5 rings (SSSR count). The Balaban J connectivity index is 1.56. The molecular weight excluding hydrogens is 486 g/mol. The van der Waals surface area contributed by atoms with Crippen molar-refractivity contribution >= 4 is 17.5 Å². The molecule has 4 aromatic rings. The number of carbonyl (C=O) groups is 1. The highest BCUT2D eigenvalue weighted by atomic mass is 35.5. The van der Waals surface area contributed by atoms with Crippen LogP contribution in [-0.4, -0.2) is 39.8 Å². The predicted molar refractivity (Wildman–Crippen MR) is 145 cm³/mol. The van der Waals surface area contributed by atoms with Crippen LogP contribution in [0.25, 0.3) is 11.3 Å². The number of aromatic nitrogens is 2. The summed E-state index contributed by atoms with van der Waals surface area (Å²) in [7, 11) is 1.87. The first-order valence-electron chi connectivity index (χ1n) is 12.5. The van der Waals surface area contributed by atoms with Crippen LogP contribution in [0.4, 0.5) is 0 Å². The van der Waals surface area contributed by atoms with Crippen LogP contribution in [0.15, 0.2) is 78.9 Å². The van der Waals surface area contributed by atoms with Gasteiger partial charge in [-0.3, -0.25) is 4.79 Å². The van der Waals surface area contributed by atoms with E-state index in [1.54, 1.807) is 28.9 Å². The van der Waals surface area contributed by atoms with Gasteiger partial charge in [0, 0.05) is 36.3 Å². The third-order valence-corrected chi connectivity index (χ3v) is 6.77. The van der Waals surface area contributed by atoms with E-state index in [9.17, 15) is 4.79 Å². The Kier molecular flexibility index (Phi) is 7.58. The van der Waals surface area contributed by atoms with Crippen molar-refractivity contribution < 1.29 is 14.3 Å². The molecule has 1 fully saturated rings. The molecule has 0 bridgehead atoms. The Hall–Kier alpha value is -3.61. The number of amides is 1. The third-order valence-electron chi connectivity index (χ3n) is 6.51. The van der Waals surface area contributed by atoms with E-state index in [1.165, 1.54) is 0 Å². The fourth-order valence-corrected chi connectivity index (χ4v) is 4.79. The van der Waals surface area contributed by atoms with Gasteiger partial charge in [-0.2, -0.15) is 5.10 Å². The van der Waals surface area contributed by atoms with Gasteiger partial charge < -0.3 is 14.4 Å². The number of ether oxygens (including phenoxy) is 2. The van der Waals surface area contributed by atoms with Crippen LogP contribution >= 0.6 is 11.6 Å². The van der Waals surface area contributed by atoms with Gasteiger partial charge >= 0.3 is 0 Å². The molecule has 1 aliphatic heterocycles. The molecule has 1 unspecified atom stereocenters. The molecule has 1 aromatic heterocycles. The molecule has 1 amide bonds. The number of hydrogen-bond donors (Lipinski definition) is 0. The maximum Gasteiger partial charge on any atom is 0.254 e. The Labute approximate surface area is 222 Å². The van der Waals surface area contributed by atoms with Gasteiger partial charge in [0.15, 0.2) is 0 Å². The lowest BCUT2D eigenvalue weighted by atomic mass is 10.1. The van der Waals surface area contributed by atoms with Crippen molar-refractivity contribution in [3.05, 3.63) is 101 Å². The maximum absolute atomic E-state index is 13.8. The summed E-state index contributed by atoms with van der Waals surface area (Å²) >= 11 is 6.09. The molecule has 190 valence electrons. The molecule has 6 nitrogen and oxygen atoms in total. The van der Waals surface area contributed by atoms with Crippen molar-refractivity contribution in [2.75, 3.05) is 13.2 Å². The molecular formula is C30H30ClN3O3. The minimum absolute atomic E-state index is 0.00533. The Bertz CT molecular complexity index is 1360. The fraction of sp³-hybridized carbons (Fsp3) is 0.267. The summed E-state index contributed by atoms with van der Waals surface area (Å²) in [6, 6.07) is 24.9. The van der Waals surface area contributed by atoms with Gasteiger partial charge in [-0.1, -0.05) is 54.1 Å². The third kappa shape index (κ3) is 5.87. The van der Waals surface area contributed by atoms with E-state index in [-0.39, 0.29) is 12.0 Å². The SMILES string of the molecule is Cc1cccc(Oc2c(CN(CC3CCCO3)C(=O)c3ccc(Cl)cc3)c(-c3ccccc3)nn2C)c1. The van der Waals surface area contributed by atoms with Gasteiger partial charge in [0.2, 0.25) is 5.88 Å². The molecule has 1 saturated heterocycles. The highest BCUT2D eigenvalue weighted by Crippen LogP contribution is 2.35. The van der Waals surface area contributed by atoms with E-state index >= 15 is 0 Å². The second-order valence-electron chi connectivity index (χ2n) is 9.37. The predicted octanol–water partition coefficient (Wildman–Crippen LogP) is 6.66. The van der Waals surface area contributed by atoms with Crippen molar-refractivity contribution in [2.45, 2.75) is 32.4 Å². The molecule has 7 heteroatoms. The second kappa shape index (κ2) is 11.2. The maximum atomic E-state index is 13.8. The summed E-state index contributed by atoms with van der Waals surface area (Å²) in [6.45, 7) is 3.55. The number of nitrogens with zero attached hydrogens (tertiary/aromatic N) is 3. The van der Waals surface area contributed by atoms with E-state index in [4.69, 9.17) is 26.2 Å². The molecule has 37 heavy (non-hydrogen) atoms. The van der Waals surface area contributed by atoms with Crippen LogP contribution in [0.1, 0.15) is 34.3 Å². The molecule has 3 aromatic carbocycles. The number of benzene rings is 3. The molecule has 1 aliphatic rings. The smallest absolute Gasteiger partial charge is 0.254 e. The molecule has 0 saturated carbocycles. The number of hydrogen-bond acceptors (Lipinski definition) is 4. The van der Waals surface area contributed by atoms with Crippen LogP contribution in [0.2, 0.25) is 5.02 Å². The van der Waals surface area contributed by atoms with E-state index in [1.807, 2.05) is 73.5 Å². The lowest BCUT2D eigenvalue weighted by Crippen LogP contribution is -2.37. The molecule has 0 aliphatic carbocycles. The van der Waals surface area contributed by atoms with Gasteiger partial charge in [-0.25, -0.2) is 4.68 Å². The lowest BCUT2D eigenvalue weighted by molar-refractivity contribution is 0.0506. The summed E-state index contributed by atoms with van der Waals surface area (Å²) in [5.41, 5.74) is 4.27. The number of rotatable bonds is 8. The first-order chi connectivity index (χ1) is 18.0. The standard InChI is InChI=1S/C30H30ClN3O3/c1-21-8-6-11-25(18-21)37-30-27(28(32-33(30)2)22-9-4-3-5-10-22)20-34(19-26-12-7-17-36-26)29(35)23-13-15-24(31)16-14-23/h3-6,8-11,13-16,18,26H,7,12,17,19-20H2,1-2H3. The average molecular weight is 516 g/mol. The van der Waals surface area contributed by atoms with Gasteiger partial charge in [0.1, 0.15) is 11.4 Å². The van der Waals surface area contributed by atoms with Gasteiger partial charge in [-0.15, -0.1) is 0 Å². The monoisotopic (exact) mass is 515 g/mol. The summed E-state index contributed by atoms with van der Waals surface area (Å²) in [5.74, 6) is 1.24. The fourth-order valence-electron chi connectivity index (χ4n) is 4.66. The Morgan fingerprint density at radius 1 is 1.11 bits per heavy atom. The van der Waals surface area contributed by atoms with Gasteiger partial charge in [-0.05, 0) is 61.7 Å². The highest BCUT2D eigenvalue weighted by molar-refractivity contribution is 6.30. The zero-order valence-corrected chi connectivity index (χ0v) is 21.8. The summed E-state index contributed by atoms with van der Waals surface area (Å²) in [4.78, 5) is 15.6. The summed E-state index contributed by atoms with van der Waals surface area (Å²) < 4.78 is 14.1. The minimum atomic E-state index is -0.0865. The summed E-state index contributed by atoms with van der Waals surface area (Å²) in [6.07, 6.45) is 1.92. The van der Waals surface area contributed by atoms with Crippen LogP contribution in [0, 0.1) is 6.92 Å². The van der Waals surface area contributed by atoms with Crippen molar-refractivity contribution in [2.24, 2.45) is 7.05 Å². The van der Waals surface area contributed by atoms with Crippen molar-refractivity contribution in [1.82, 2.24) is 14.7 Å². The topological polar surface area (TPSA) is 56.6 Å². The van der Waals surface area contributed by atoms with Crippen molar-refractivity contribution in [3.8, 4) is 22.9 Å². The number of halogens is 1. The van der Waals surface area contributed by atoms with Crippen LogP contribution < -0.4 is 4.74 Å². The van der Waals surface area contributed by atoms with Gasteiger partial charge in [0.05, 0.1) is 18.2 Å². The van der Waals surface area contributed by atoms with Crippen LogP contribution in [0.5, 0.6) is 11.6 Å². The zero-order valence-electron chi connectivity index (χ0n) is 21.1. The largest absolute Gasteiger partial charge is 0.439 e. The first-order valence-corrected chi connectivity index (χ1v) is 12.9. The van der Waals surface area contributed by atoms with Gasteiger partial charge in [0.25, 0.3) is 5.91 Å². The first kappa shape index (κ1) is 25.1. The van der Waals surface area contributed by atoms with Crippen molar-refractivity contribution in [1.29, 1.82) is 0 Å². The lowest BCUT2D eigenvalue weighted by Gasteiger charge is -2.26. The Morgan fingerprint density at radius 2 is 1.89 bits per heavy atom. The highest BCUT2D eigenvalue weighted by Gasteiger charge is 2.28. The number of aryl methyl sites for hydroxylation is 2. The van der Waals surface area contributed by atoms with Crippen LogP contribution in [0.3, 0.4) is 0 Å².